The highest BCUT2D eigenvalue weighted by Gasteiger charge is 2.45. The lowest BCUT2D eigenvalue weighted by atomic mass is 9.93. The zero-order chi connectivity index (χ0) is 21.5. The second-order valence-electron chi connectivity index (χ2n) is 8.07. The molecule has 3 heterocycles. The van der Waals surface area contributed by atoms with Gasteiger partial charge in [0.25, 0.3) is 5.91 Å². The summed E-state index contributed by atoms with van der Waals surface area (Å²) in [5, 5.41) is 6.11. The fourth-order valence-electron chi connectivity index (χ4n) is 3.75. The molecule has 0 bridgehead atoms. The van der Waals surface area contributed by atoms with Gasteiger partial charge in [0.2, 0.25) is 5.91 Å². The van der Waals surface area contributed by atoms with Crippen LogP contribution < -0.4 is 5.32 Å². The second-order valence-corrected chi connectivity index (χ2v) is 8.07. The van der Waals surface area contributed by atoms with Gasteiger partial charge in [-0.15, -0.1) is 0 Å². The number of nitrogens with one attached hydrogen (secondary N) is 1. The lowest BCUT2D eigenvalue weighted by Crippen LogP contribution is -2.49. The van der Waals surface area contributed by atoms with Crippen molar-refractivity contribution < 1.29 is 22.8 Å². The Morgan fingerprint density at radius 1 is 1.13 bits per heavy atom. The van der Waals surface area contributed by atoms with Crippen LogP contribution >= 0.6 is 0 Å². The van der Waals surface area contributed by atoms with Crippen molar-refractivity contribution in [2.24, 2.45) is 5.41 Å². The molecule has 2 fully saturated rings. The third kappa shape index (κ3) is 4.17. The summed E-state index contributed by atoms with van der Waals surface area (Å²) < 4.78 is 39.0. The molecule has 1 saturated carbocycles. The zero-order valence-corrected chi connectivity index (χ0v) is 16.4. The molecule has 2 amide bonds. The number of rotatable bonds is 4. The fourth-order valence-corrected chi connectivity index (χ4v) is 3.75. The molecule has 2 aliphatic rings. The monoisotopic (exact) mass is 421 g/mol. The molecule has 10 heteroatoms. The number of pyridine rings is 1. The van der Waals surface area contributed by atoms with Crippen LogP contribution in [0.4, 0.5) is 13.2 Å². The van der Waals surface area contributed by atoms with Crippen molar-refractivity contribution in [2.75, 3.05) is 13.1 Å². The van der Waals surface area contributed by atoms with Gasteiger partial charge in [-0.05, 0) is 56.2 Å². The number of likely N-dealkylation sites (tertiary alicyclic amines) is 1. The van der Waals surface area contributed by atoms with Gasteiger partial charge in [-0.25, -0.2) is 9.67 Å². The third-order valence-corrected chi connectivity index (χ3v) is 5.94. The first-order chi connectivity index (χ1) is 14.2. The zero-order valence-electron chi connectivity index (χ0n) is 16.4. The van der Waals surface area contributed by atoms with Gasteiger partial charge >= 0.3 is 6.18 Å². The van der Waals surface area contributed by atoms with E-state index in [0.29, 0.717) is 5.41 Å². The third-order valence-electron chi connectivity index (χ3n) is 5.94. The van der Waals surface area contributed by atoms with Crippen LogP contribution in [0, 0.1) is 5.41 Å². The number of aromatic nitrogens is 3. The first-order valence-corrected chi connectivity index (χ1v) is 9.86. The Kier molecular flexibility index (Phi) is 5.03. The molecule has 1 atom stereocenters. The molecular weight excluding hydrogens is 399 g/mol. The summed E-state index contributed by atoms with van der Waals surface area (Å²) in [6.45, 7) is 3.09. The smallest absolute Gasteiger partial charge is 0.341 e. The number of hydrogen-bond acceptors (Lipinski definition) is 4. The van der Waals surface area contributed by atoms with Crippen molar-refractivity contribution in [1.29, 1.82) is 0 Å². The lowest BCUT2D eigenvalue weighted by Gasteiger charge is -2.33. The molecule has 1 spiro atoms. The van der Waals surface area contributed by atoms with Crippen LogP contribution in [0.5, 0.6) is 0 Å². The van der Waals surface area contributed by atoms with Gasteiger partial charge in [0.15, 0.2) is 11.5 Å². The van der Waals surface area contributed by atoms with E-state index in [0.717, 1.165) is 42.9 Å². The van der Waals surface area contributed by atoms with Crippen molar-refractivity contribution in [3.05, 3.63) is 41.9 Å². The van der Waals surface area contributed by atoms with E-state index in [1.54, 1.807) is 11.8 Å². The Morgan fingerprint density at radius 3 is 2.37 bits per heavy atom. The molecule has 30 heavy (non-hydrogen) atoms. The average Bonchev–Trinajstić information content (AvgIpc) is 3.27. The summed E-state index contributed by atoms with van der Waals surface area (Å²) >= 11 is 0. The van der Waals surface area contributed by atoms with E-state index in [1.807, 2.05) is 0 Å². The predicted octanol–water partition coefficient (Wildman–Crippen LogP) is 2.81. The molecule has 1 N–H and O–H groups in total. The van der Waals surface area contributed by atoms with Crippen molar-refractivity contribution in [2.45, 2.75) is 44.8 Å². The molecule has 4 rings (SSSR count). The molecule has 1 aliphatic heterocycles. The van der Waals surface area contributed by atoms with E-state index < -0.39 is 23.8 Å². The summed E-state index contributed by atoms with van der Waals surface area (Å²) in [5.41, 5.74) is -0.354. The van der Waals surface area contributed by atoms with Crippen LogP contribution in [0.25, 0.3) is 5.82 Å². The minimum absolute atomic E-state index is 0.111. The summed E-state index contributed by atoms with van der Waals surface area (Å²) in [7, 11) is 0. The predicted molar refractivity (Wildman–Crippen MR) is 101 cm³/mol. The van der Waals surface area contributed by atoms with E-state index >= 15 is 0 Å². The molecule has 2 aromatic heterocycles. The SMILES string of the molecule is CC(NC(=O)c1ccc(-n2ccc(C(F)(F)F)n2)nc1)C(=O)N1CCC2(CC1)CC2. The first-order valence-electron chi connectivity index (χ1n) is 9.86. The molecule has 7 nitrogen and oxygen atoms in total. The Morgan fingerprint density at radius 2 is 1.83 bits per heavy atom. The molecule has 1 saturated heterocycles. The molecule has 1 unspecified atom stereocenters. The summed E-state index contributed by atoms with van der Waals surface area (Å²) in [5.74, 6) is -0.435. The summed E-state index contributed by atoms with van der Waals surface area (Å²) in [6.07, 6.45) is 2.40. The largest absolute Gasteiger partial charge is 0.435 e. The molecule has 0 radical (unpaired) electrons. The highest BCUT2D eigenvalue weighted by molar-refractivity contribution is 5.97. The maximum absolute atomic E-state index is 12.7. The van der Waals surface area contributed by atoms with Crippen LogP contribution in [0.1, 0.15) is 48.7 Å². The normalized spacial score (nSPS) is 18.9. The summed E-state index contributed by atoms with van der Waals surface area (Å²) in [4.78, 5) is 30.9. The highest BCUT2D eigenvalue weighted by atomic mass is 19.4. The Labute approximate surface area is 171 Å². The minimum Gasteiger partial charge on any atom is -0.341 e. The molecule has 2 aromatic rings. The van der Waals surface area contributed by atoms with Crippen molar-refractivity contribution in [3.63, 3.8) is 0 Å². The van der Waals surface area contributed by atoms with Gasteiger partial charge in [-0.1, -0.05) is 0 Å². The Balaban J connectivity index is 1.35. The van der Waals surface area contributed by atoms with Gasteiger partial charge in [0.05, 0.1) is 5.56 Å². The Hall–Kier alpha value is -2.91. The molecule has 160 valence electrons. The van der Waals surface area contributed by atoms with Crippen LogP contribution in [0.15, 0.2) is 30.6 Å². The first kappa shape index (κ1) is 20.4. The van der Waals surface area contributed by atoms with Crippen molar-refractivity contribution >= 4 is 11.8 Å². The highest BCUT2D eigenvalue weighted by Crippen LogP contribution is 2.53. The van der Waals surface area contributed by atoms with Crippen molar-refractivity contribution in [1.82, 2.24) is 25.0 Å². The average molecular weight is 421 g/mol. The standard InChI is InChI=1S/C20H22F3N5O2/c1-13(18(30)27-10-7-19(5-6-19)8-11-27)25-17(29)14-2-3-16(24-12-14)28-9-4-15(26-28)20(21,22)23/h2-4,9,12-13H,5-8,10-11H2,1H3,(H,25,29). The number of amides is 2. The maximum atomic E-state index is 12.7. The van der Waals surface area contributed by atoms with Crippen LogP contribution in [0.2, 0.25) is 0 Å². The number of halogens is 3. The number of carbonyl (C=O) groups excluding carboxylic acids is 2. The maximum Gasteiger partial charge on any atom is 0.435 e. The number of nitrogens with zero attached hydrogens (tertiary/aromatic N) is 4. The van der Waals surface area contributed by atoms with Crippen LogP contribution in [0.3, 0.4) is 0 Å². The van der Waals surface area contributed by atoms with Gasteiger partial charge in [0, 0.05) is 25.5 Å². The van der Waals surface area contributed by atoms with E-state index in [2.05, 4.69) is 15.4 Å². The van der Waals surface area contributed by atoms with Crippen LogP contribution in [-0.2, 0) is 11.0 Å². The Bertz CT molecular complexity index is 940. The topological polar surface area (TPSA) is 80.1 Å². The van der Waals surface area contributed by atoms with Crippen LogP contribution in [-0.4, -0.2) is 50.6 Å². The van der Waals surface area contributed by atoms with Gasteiger partial charge < -0.3 is 10.2 Å². The molecule has 0 aromatic carbocycles. The van der Waals surface area contributed by atoms with E-state index in [-0.39, 0.29) is 17.3 Å². The number of alkyl halides is 3. The van der Waals surface area contributed by atoms with Gasteiger partial charge in [0.1, 0.15) is 6.04 Å². The molecule has 1 aliphatic carbocycles. The lowest BCUT2D eigenvalue weighted by molar-refractivity contribution is -0.141. The number of carbonyl (C=O) groups is 2. The van der Waals surface area contributed by atoms with Gasteiger partial charge in [-0.2, -0.15) is 18.3 Å². The van der Waals surface area contributed by atoms with E-state index in [4.69, 9.17) is 0 Å². The summed E-state index contributed by atoms with van der Waals surface area (Å²) in [6, 6.07) is 3.00. The fraction of sp³-hybridized carbons (Fsp3) is 0.500. The minimum atomic E-state index is -4.54. The van der Waals surface area contributed by atoms with E-state index in [9.17, 15) is 22.8 Å². The number of piperidine rings is 1. The van der Waals surface area contributed by atoms with Crippen molar-refractivity contribution in [3.8, 4) is 5.82 Å². The second kappa shape index (κ2) is 7.41. The van der Waals surface area contributed by atoms with E-state index in [1.165, 1.54) is 31.2 Å². The number of hydrogen-bond donors (Lipinski definition) is 1. The quantitative estimate of drug-likeness (QED) is 0.823. The molecular formula is C20H22F3N5O2. The van der Waals surface area contributed by atoms with Gasteiger partial charge in [-0.3, -0.25) is 9.59 Å².